The van der Waals surface area contributed by atoms with Gasteiger partial charge in [-0.25, -0.2) is 0 Å². The van der Waals surface area contributed by atoms with Gasteiger partial charge < -0.3 is 14.8 Å². The molecule has 2 aliphatic heterocycles. The summed E-state index contributed by atoms with van der Waals surface area (Å²) >= 11 is 3.60. The molecule has 3 nitrogen and oxygen atoms in total. The molecule has 1 saturated heterocycles. The molecule has 2 heterocycles. The van der Waals surface area contributed by atoms with E-state index in [1.165, 1.54) is 17.5 Å². The Balaban J connectivity index is 1.81. The Kier molecular flexibility index (Phi) is 4.10. The molecule has 1 fully saturated rings. The van der Waals surface area contributed by atoms with E-state index in [0.29, 0.717) is 12.1 Å². The molecule has 19 heavy (non-hydrogen) atoms. The van der Waals surface area contributed by atoms with Gasteiger partial charge in [-0.05, 0) is 49.6 Å². The van der Waals surface area contributed by atoms with Gasteiger partial charge in [-0.1, -0.05) is 15.9 Å². The Morgan fingerprint density at radius 2 is 2.32 bits per heavy atom. The maximum Gasteiger partial charge on any atom is 0.125 e. The number of halogens is 1. The maximum absolute atomic E-state index is 5.81. The van der Waals surface area contributed by atoms with Crippen LogP contribution in [0.1, 0.15) is 24.0 Å². The molecule has 1 aromatic carbocycles. The molecular formula is C15H20BrNO2. The SMILES string of the molecule is CNC(Cc1cc(Br)cc2c1OCC2)C1CCCO1. The lowest BCUT2D eigenvalue weighted by Gasteiger charge is -2.23. The standard InChI is InChI=1S/C15H20BrNO2/c1-17-13(14-3-2-5-18-14)9-11-8-12(16)7-10-4-6-19-15(10)11/h7-8,13-14,17H,2-6,9H2,1H3. The molecule has 3 rings (SSSR count). The van der Waals surface area contributed by atoms with Gasteiger partial charge in [0.2, 0.25) is 0 Å². The van der Waals surface area contributed by atoms with Crippen LogP contribution in [-0.2, 0) is 17.6 Å². The number of rotatable bonds is 4. The number of benzene rings is 1. The molecule has 0 aliphatic carbocycles. The molecule has 4 heteroatoms. The molecule has 2 unspecified atom stereocenters. The number of hydrogen-bond acceptors (Lipinski definition) is 3. The number of likely N-dealkylation sites (N-methyl/N-ethyl adjacent to an activating group) is 1. The van der Waals surface area contributed by atoms with Gasteiger partial charge in [-0.3, -0.25) is 0 Å². The van der Waals surface area contributed by atoms with E-state index < -0.39 is 0 Å². The molecule has 0 amide bonds. The summed E-state index contributed by atoms with van der Waals surface area (Å²) in [7, 11) is 2.02. The smallest absolute Gasteiger partial charge is 0.125 e. The second-order valence-electron chi connectivity index (χ2n) is 5.30. The molecule has 0 aromatic heterocycles. The second kappa shape index (κ2) is 5.81. The van der Waals surface area contributed by atoms with Crippen LogP contribution in [0.15, 0.2) is 16.6 Å². The summed E-state index contributed by atoms with van der Waals surface area (Å²) in [5.74, 6) is 1.10. The maximum atomic E-state index is 5.81. The Hall–Kier alpha value is -0.580. The van der Waals surface area contributed by atoms with Crippen molar-refractivity contribution in [2.45, 2.75) is 37.8 Å². The summed E-state index contributed by atoms with van der Waals surface area (Å²) in [6.07, 6.45) is 4.65. The number of fused-ring (bicyclic) bond motifs is 1. The number of hydrogen-bond donors (Lipinski definition) is 1. The zero-order chi connectivity index (χ0) is 13.2. The molecule has 104 valence electrons. The van der Waals surface area contributed by atoms with Crippen LogP contribution in [0.5, 0.6) is 5.75 Å². The summed E-state index contributed by atoms with van der Waals surface area (Å²) in [4.78, 5) is 0. The van der Waals surface area contributed by atoms with E-state index in [2.05, 4.69) is 33.4 Å². The second-order valence-corrected chi connectivity index (χ2v) is 6.22. The van der Waals surface area contributed by atoms with Gasteiger partial charge in [-0.15, -0.1) is 0 Å². The highest BCUT2D eigenvalue weighted by Gasteiger charge is 2.27. The van der Waals surface area contributed by atoms with E-state index in [0.717, 1.165) is 42.7 Å². The first-order valence-electron chi connectivity index (χ1n) is 7.01. The quantitative estimate of drug-likeness (QED) is 0.923. The van der Waals surface area contributed by atoms with Crippen molar-refractivity contribution in [3.05, 3.63) is 27.7 Å². The van der Waals surface area contributed by atoms with Crippen molar-refractivity contribution in [2.24, 2.45) is 0 Å². The molecule has 0 bridgehead atoms. The summed E-state index contributed by atoms with van der Waals surface area (Å²) in [5, 5.41) is 3.41. The lowest BCUT2D eigenvalue weighted by atomic mass is 9.97. The topological polar surface area (TPSA) is 30.5 Å². The summed E-state index contributed by atoms with van der Waals surface area (Å²) in [6, 6.07) is 4.72. The highest BCUT2D eigenvalue weighted by molar-refractivity contribution is 9.10. The van der Waals surface area contributed by atoms with Crippen LogP contribution in [0.2, 0.25) is 0 Å². The zero-order valence-electron chi connectivity index (χ0n) is 11.2. The van der Waals surface area contributed by atoms with Gasteiger partial charge in [0, 0.05) is 23.5 Å². The van der Waals surface area contributed by atoms with Crippen LogP contribution < -0.4 is 10.1 Å². The third-order valence-corrected chi connectivity index (χ3v) is 4.51. The van der Waals surface area contributed by atoms with Gasteiger partial charge in [-0.2, -0.15) is 0 Å². The Morgan fingerprint density at radius 3 is 3.05 bits per heavy atom. The van der Waals surface area contributed by atoms with Crippen LogP contribution in [-0.4, -0.2) is 32.4 Å². The zero-order valence-corrected chi connectivity index (χ0v) is 12.8. The minimum atomic E-state index is 0.334. The number of ether oxygens (including phenoxy) is 2. The normalized spacial score (nSPS) is 23.2. The van der Waals surface area contributed by atoms with Crippen molar-refractivity contribution in [1.29, 1.82) is 0 Å². The molecule has 2 aliphatic rings. The van der Waals surface area contributed by atoms with Crippen molar-refractivity contribution in [3.8, 4) is 5.75 Å². The third-order valence-electron chi connectivity index (χ3n) is 4.05. The first kappa shape index (κ1) is 13.4. The molecule has 1 N–H and O–H groups in total. The van der Waals surface area contributed by atoms with Gasteiger partial charge in [0.05, 0.1) is 12.7 Å². The van der Waals surface area contributed by atoms with Crippen molar-refractivity contribution >= 4 is 15.9 Å². The molecule has 0 radical (unpaired) electrons. The number of nitrogens with one attached hydrogen (secondary N) is 1. The fourth-order valence-corrected chi connectivity index (χ4v) is 3.63. The highest BCUT2D eigenvalue weighted by atomic mass is 79.9. The third kappa shape index (κ3) is 2.81. The average molecular weight is 326 g/mol. The molecule has 1 aromatic rings. The lowest BCUT2D eigenvalue weighted by molar-refractivity contribution is 0.0806. The van der Waals surface area contributed by atoms with Gasteiger partial charge in [0.1, 0.15) is 5.75 Å². The largest absolute Gasteiger partial charge is 0.493 e. The average Bonchev–Trinajstić information content (AvgIpc) is 3.05. The van der Waals surface area contributed by atoms with Crippen molar-refractivity contribution in [1.82, 2.24) is 5.32 Å². The summed E-state index contributed by atoms with van der Waals surface area (Å²) in [6.45, 7) is 1.71. The molecule has 0 spiro atoms. The van der Waals surface area contributed by atoms with Crippen LogP contribution in [0.4, 0.5) is 0 Å². The van der Waals surface area contributed by atoms with Gasteiger partial charge in [0.15, 0.2) is 0 Å². The first-order chi connectivity index (χ1) is 9.28. The Bertz CT molecular complexity index is 458. The van der Waals surface area contributed by atoms with Crippen LogP contribution in [0, 0.1) is 0 Å². The van der Waals surface area contributed by atoms with Crippen molar-refractivity contribution < 1.29 is 9.47 Å². The highest BCUT2D eigenvalue weighted by Crippen LogP contribution is 2.34. The van der Waals surface area contributed by atoms with E-state index in [9.17, 15) is 0 Å². The Morgan fingerprint density at radius 1 is 1.42 bits per heavy atom. The first-order valence-corrected chi connectivity index (χ1v) is 7.80. The van der Waals surface area contributed by atoms with Crippen LogP contribution in [0.25, 0.3) is 0 Å². The van der Waals surface area contributed by atoms with E-state index in [1.807, 2.05) is 7.05 Å². The fraction of sp³-hybridized carbons (Fsp3) is 0.600. The monoisotopic (exact) mass is 325 g/mol. The van der Waals surface area contributed by atoms with Crippen molar-refractivity contribution in [2.75, 3.05) is 20.3 Å². The minimum absolute atomic E-state index is 0.334. The van der Waals surface area contributed by atoms with Crippen LogP contribution in [0.3, 0.4) is 0 Å². The minimum Gasteiger partial charge on any atom is -0.493 e. The molecule has 0 saturated carbocycles. The van der Waals surface area contributed by atoms with E-state index in [-0.39, 0.29) is 0 Å². The van der Waals surface area contributed by atoms with Crippen LogP contribution >= 0.6 is 15.9 Å². The fourth-order valence-electron chi connectivity index (χ4n) is 3.07. The predicted molar refractivity (Wildman–Crippen MR) is 78.9 cm³/mol. The van der Waals surface area contributed by atoms with Gasteiger partial charge in [0.25, 0.3) is 0 Å². The lowest BCUT2D eigenvalue weighted by Crippen LogP contribution is -2.39. The van der Waals surface area contributed by atoms with E-state index in [4.69, 9.17) is 9.47 Å². The Labute approximate surface area is 122 Å². The van der Waals surface area contributed by atoms with E-state index >= 15 is 0 Å². The van der Waals surface area contributed by atoms with Gasteiger partial charge >= 0.3 is 0 Å². The molecule has 2 atom stereocenters. The predicted octanol–water partition coefficient (Wildman–Crippen LogP) is 2.69. The van der Waals surface area contributed by atoms with Crippen molar-refractivity contribution in [3.63, 3.8) is 0 Å². The van der Waals surface area contributed by atoms with E-state index in [1.54, 1.807) is 0 Å². The summed E-state index contributed by atoms with van der Waals surface area (Å²) in [5.41, 5.74) is 2.61. The molecular weight excluding hydrogens is 306 g/mol. The summed E-state index contributed by atoms with van der Waals surface area (Å²) < 4.78 is 12.8.